The number of aromatic nitrogens is 2. The van der Waals surface area contributed by atoms with Crippen LogP contribution in [0.25, 0.3) is 0 Å². The summed E-state index contributed by atoms with van der Waals surface area (Å²) < 4.78 is 41.4. The first kappa shape index (κ1) is 17.7. The van der Waals surface area contributed by atoms with Crippen LogP contribution in [-0.2, 0) is 0 Å². The molecule has 2 aliphatic rings. The third kappa shape index (κ3) is 3.34. The lowest BCUT2D eigenvalue weighted by Gasteiger charge is -2.29. The van der Waals surface area contributed by atoms with Crippen molar-refractivity contribution >= 4 is 23.2 Å². The van der Waals surface area contributed by atoms with Gasteiger partial charge >= 0.3 is 0 Å². The number of hydrogen-bond donors (Lipinski definition) is 3. The van der Waals surface area contributed by atoms with Gasteiger partial charge in [-0.1, -0.05) is 0 Å². The molecule has 0 bridgehead atoms. The zero-order valence-corrected chi connectivity index (χ0v) is 14.3. The Morgan fingerprint density at radius 1 is 1.11 bits per heavy atom. The SMILES string of the molecule is Nc1ncc2c(n1)C(C1CCC(O)CC1)C(=Nc1c(F)cc(F)cc1F)N2. The topological polar surface area (TPSA) is 96.4 Å². The van der Waals surface area contributed by atoms with E-state index in [0.29, 0.717) is 55.0 Å². The average molecular weight is 377 g/mol. The Balaban J connectivity index is 1.77. The Morgan fingerprint density at radius 2 is 1.78 bits per heavy atom. The van der Waals surface area contributed by atoms with E-state index in [0.717, 1.165) is 0 Å². The van der Waals surface area contributed by atoms with Gasteiger partial charge in [-0.15, -0.1) is 0 Å². The van der Waals surface area contributed by atoms with Crippen molar-refractivity contribution in [2.24, 2.45) is 10.9 Å². The van der Waals surface area contributed by atoms with Crippen LogP contribution in [0.15, 0.2) is 23.3 Å². The van der Waals surface area contributed by atoms with Gasteiger partial charge in [0.15, 0.2) is 11.6 Å². The van der Waals surface area contributed by atoms with E-state index in [1.54, 1.807) is 0 Å². The number of hydrogen-bond acceptors (Lipinski definition) is 5. The molecule has 4 N–H and O–H groups in total. The van der Waals surface area contributed by atoms with E-state index in [1.807, 2.05) is 0 Å². The Bertz CT molecular complexity index is 889. The molecule has 9 heteroatoms. The summed E-state index contributed by atoms with van der Waals surface area (Å²) in [5.74, 6) is -3.05. The molecule has 0 saturated heterocycles. The van der Waals surface area contributed by atoms with Crippen molar-refractivity contribution in [3.63, 3.8) is 0 Å². The van der Waals surface area contributed by atoms with Gasteiger partial charge in [0, 0.05) is 12.1 Å². The van der Waals surface area contributed by atoms with Gasteiger partial charge in [0.05, 0.1) is 29.6 Å². The van der Waals surface area contributed by atoms with Crippen molar-refractivity contribution in [2.75, 3.05) is 11.1 Å². The van der Waals surface area contributed by atoms with Gasteiger partial charge < -0.3 is 16.2 Å². The summed E-state index contributed by atoms with van der Waals surface area (Å²) in [4.78, 5) is 12.4. The van der Waals surface area contributed by atoms with E-state index < -0.39 is 23.1 Å². The first-order valence-electron chi connectivity index (χ1n) is 8.73. The first-order valence-corrected chi connectivity index (χ1v) is 8.73. The summed E-state index contributed by atoms with van der Waals surface area (Å²) in [5, 5.41) is 12.8. The number of nitrogens with one attached hydrogen (secondary N) is 1. The first-order chi connectivity index (χ1) is 12.9. The minimum atomic E-state index is -1.08. The number of benzene rings is 1. The standard InChI is InChI=1S/C18H18F3N5O/c19-9-5-11(20)15(12(21)6-9)25-17-14(8-1-3-10(27)4-2-8)16-13(24-17)7-23-18(22)26-16/h5-8,10,14,27H,1-4H2,(H,24,25)(H2,22,23,26). The number of aliphatic imine (C=N–C) groups is 1. The predicted octanol–water partition coefficient (Wildman–Crippen LogP) is 3.27. The van der Waals surface area contributed by atoms with Gasteiger partial charge in [0.1, 0.15) is 17.3 Å². The zero-order chi connectivity index (χ0) is 19.1. The van der Waals surface area contributed by atoms with Crippen molar-refractivity contribution in [1.29, 1.82) is 0 Å². The molecule has 1 aliphatic heterocycles. The van der Waals surface area contributed by atoms with Gasteiger partial charge in [-0.05, 0) is 31.6 Å². The monoisotopic (exact) mass is 377 g/mol. The van der Waals surface area contributed by atoms with Crippen LogP contribution >= 0.6 is 0 Å². The second-order valence-electron chi connectivity index (χ2n) is 6.91. The summed E-state index contributed by atoms with van der Waals surface area (Å²) in [6.07, 6.45) is 3.84. The summed E-state index contributed by atoms with van der Waals surface area (Å²) in [5.41, 5.74) is 6.34. The van der Waals surface area contributed by atoms with Crippen LogP contribution < -0.4 is 11.1 Å². The van der Waals surface area contributed by atoms with Gasteiger partial charge in [-0.25, -0.2) is 28.1 Å². The molecule has 1 aliphatic carbocycles. The molecule has 2 heterocycles. The number of halogens is 3. The molecule has 27 heavy (non-hydrogen) atoms. The summed E-state index contributed by atoms with van der Waals surface area (Å²) in [6, 6.07) is 1.18. The molecular weight excluding hydrogens is 359 g/mol. The summed E-state index contributed by atoms with van der Waals surface area (Å²) in [7, 11) is 0. The van der Waals surface area contributed by atoms with E-state index in [4.69, 9.17) is 5.73 Å². The van der Waals surface area contributed by atoms with Gasteiger partial charge in [0.25, 0.3) is 0 Å². The summed E-state index contributed by atoms with van der Waals surface area (Å²) in [6.45, 7) is 0. The highest BCUT2D eigenvalue weighted by atomic mass is 19.1. The van der Waals surface area contributed by atoms with Crippen molar-refractivity contribution in [3.8, 4) is 0 Å². The van der Waals surface area contributed by atoms with Crippen LogP contribution in [-0.4, -0.2) is 27.0 Å². The highest BCUT2D eigenvalue weighted by Crippen LogP contribution is 2.43. The molecule has 1 saturated carbocycles. The molecule has 142 valence electrons. The minimum Gasteiger partial charge on any atom is -0.393 e. The second kappa shape index (κ2) is 6.80. The fraction of sp³-hybridized carbons (Fsp3) is 0.389. The molecule has 1 aromatic heterocycles. The number of nitrogens with zero attached hydrogens (tertiary/aromatic N) is 3. The number of aliphatic hydroxyl groups excluding tert-OH is 1. The summed E-state index contributed by atoms with van der Waals surface area (Å²) >= 11 is 0. The van der Waals surface area contributed by atoms with Crippen LogP contribution in [0.4, 0.5) is 30.5 Å². The van der Waals surface area contributed by atoms with Crippen LogP contribution in [0.2, 0.25) is 0 Å². The Labute approximate surface area is 153 Å². The van der Waals surface area contributed by atoms with E-state index in [9.17, 15) is 18.3 Å². The molecule has 6 nitrogen and oxygen atoms in total. The van der Waals surface area contributed by atoms with E-state index in [2.05, 4.69) is 20.3 Å². The van der Waals surface area contributed by atoms with Gasteiger partial charge in [0.2, 0.25) is 5.95 Å². The molecule has 2 aromatic rings. The minimum absolute atomic E-state index is 0.0711. The van der Waals surface area contributed by atoms with E-state index in [-0.39, 0.29) is 23.9 Å². The molecule has 1 unspecified atom stereocenters. The Kier molecular flexibility index (Phi) is 4.47. The molecule has 0 amide bonds. The number of nitrogen functional groups attached to an aromatic ring is 1. The van der Waals surface area contributed by atoms with Crippen LogP contribution in [0.1, 0.15) is 37.3 Å². The highest BCUT2D eigenvalue weighted by molar-refractivity contribution is 6.07. The highest BCUT2D eigenvalue weighted by Gasteiger charge is 2.39. The van der Waals surface area contributed by atoms with Crippen LogP contribution in [0.3, 0.4) is 0 Å². The van der Waals surface area contributed by atoms with Crippen molar-refractivity contribution in [3.05, 3.63) is 41.5 Å². The normalized spacial score (nSPS) is 26.1. The fourth-order valence-electron chi connectivity index (χ4n) is 3.83. The molecule has 0 radical (unpaired) electrons. The smallest absolute Gasteiger partial charge is 0.220 e. The van der Waals surface area contributed by atoms with Crippen molar-refractivity contribution < 1.29 is 18.3 Å². The van der Waals surface area contributed by atoms with Crippen molar-refractivity contribution in [1.82, 2.24) is 9.97 Å². The van der Waals surface area contributed by atoms with E-state index in [1.165, 1.54) is 6.20 Å². The molecule has 0 spiro atoms. The molecule has 1 fully saturated rings. The lowest BCUT2D eigenvalue weighted by molar-refractivity contribution is 0.106. The predicted molar refractivity (Wildman–Crippen MR) is 94.2 cm³/mol. The number of rotatable bonds is 2. The Hall–Kier alpha value is -2.68. The second-order valence-corrected chi connectivity index (χ2v) is 6.91. The number of fused-ring (bicyclic) bond motifs is 1. The van der Waals surface area contributed by atoms with E-state index >= 15 is 0 Å². The van der Waals surface area contributed by atoms with Crippen LogP contribution in [0, 0.1) is 23.4 Å². The number of aliphatic hydroxyl groups is 1. The maximum atomic E-state index is 14.1. The molecule has 1 aromatic carbocycles. The lowest BCUT2D eigenvalue weighted by Crippen LogP contribution is -2.27. The Morgan fingerprint density at radius 3 is 2.44 bits per heavy atom. The van der Waals surface area contributed by atoms with Gasteiger partial charge in [-0.2, -0.15) is 0 Å². The zero-order valence-electron chi connectivity index (χ0n) is 14.3. The largest absolute Gasteiger partial charge is 0.393 e. The maximum Gasteiger partial charge on any atom is 0.220 e. The van der Waals surface area contributed by atoms with Gasteiger partial charge in [-0.3, -0.25) is 0 Å². The van der Waals surface area contributed by atoms with Crippen LogP contribution in [0.5, 0.6) is 0 Å². The third-order valence-electron chi connectivity index (χ3n) is 5.12. The van der Waals surface area contributed by atoms with Crippen molar-refractivity contribution in [2.45, 2.75) is 37.7 Å². The average Bonchev–Trinajstić information content (AvgIpc) is 2.96. The fourth-order valence-corrected chi connectivity index (χ4v) is 3.83. The quantitative estimate of drug-likeness (QED) is 0.746. The molecule has 1 atom stereocenters. The third-order valence-corrected chi connectivity index (χ3v) is 5.12. The number of anilines is 2. The number of nitrogens with two attached hydrogens (primary N) is 1. The maximum absolute atomic E-state index is 14.1. The molecule has 4 rings (SSSR count). The molecular formula is C18H18F3N5O. The number of amidine groups is 1. The lowest BCUT2D eigenvalue weighted by atomic mass is 9.77.